The Balaban J connectivity index is 1.66. The highest BCUT2D eigenvalue weighted by molar-refractivity contribution is 5.82. The molecular formula is C17H14N4O3. The first-order valence-corrected chi connectivity index (χ1v) is 7.32. The lowest BCUT2D eigenvalue weighted by molar-refractivity contribution is 0.171. The second-order valence-electron chi connectivity index (χ2n) is 5.07. The van der Waals surface area contributed by atoms with Crippen LogP contribution in [-0.4, -0.2) is 35.0 Å². The Morgan fingerprint density at radius 1 is 1.21 bits per heavy atom. The van der Waals surface area contributed by atoms with Crippen LogP contribution < -0.4 is 14.2 Å². The van der Waals surface area contributed by atoms with Gasteiger partial charge in [-0.1, -0.05) is 30.3 Å². The van der Waals surface area contributed by atoms with Crippen molar-refractivity contribution in [1.29, 1.82) is 0 Å². The van der Waals surface area contributed by atoms with Gasteiger partial charge >= 0.3 is 0 Å². The first-order valence-electron chi connectivity index (χ1n) is 7.32. The zero-order chi connectivity index (χ0) is 16.4. The van der Waals surface area contributed by atoms with Gasteiger partial charge in [0.15, 0.2) is 17.3 Å². The van der Waals surface area contributed by atoms with Gasteiger partial charge in [-0.05, 0) is 12.1 Å². The van der Waals surface area contributed by atoms with Crippen LogP contribution >= 0.6 is 0 Å². The Labute approximate surface area is 138 Å². The molecule has 1 aromatic heterocycles. The van der Waals surface area contributed by atoms with E-state index in [2.05, 4.69) is 15.3 Å². The van der Waals surface area contributed by atoms with E-state index in [1.807, 2.05) is 42.5 Å². The van der Waals surface area contributed by atoms with Gasteiger partial charge in [-0.3, -0.25) is 0 Å². The van der Waals surface area contributed by atoms with Crippen molar-refractivity contribution in [3.63, 3.8) is 0 Å². The Hall–Kier alpha value is -3.35. The summed E-state index contributed by atoms with van der Waals surface area (Å²) in [5.41, 5.74) is 1.76. The third-order valence-electron chi connectivity index (χ3n) is 3.57. The zero-order valence-electron chi connectivity index (χ0n) is 12.9. The quantitative estimate of drug-likeness (QED) is 0.690. The predicted molar refractivity (Wildman–Crippen MR) is 87.6 cm³/mol. The van der Waals surface area contributed by atoms with Crippen LogP contribution in [0.25, 0.3) is 11.4 Å². The molecular weight excluding hydrogens is 308 g/mol. The minimum atomic E-state index is 0.190. The highest BCUT2D eigenvalue weighted by Crippen LogP contribution is 2.41. The molecule has 0 saturated carbocycles. The van der Waals surface area contributed by atoms with E-state index in [1.165, 1.54) is 0 Å². The molecule has 0 N–H and O–H groups in total. The second-order valence-corrected chi connectivity index (χ2v) is 5.07. The van der Waals surface area contributed by atoms with Crippen molar-refractivity contribution in [3.05, 3.63) is 54.4 Å². The summed E-state index contributed by atoms with van der Waals surface area (Å²) in [6.07, 6.45) is 3.25. The smallest absolute Gasteiger partial charge is 0.231 e. The van der Waals surface area contributed by atoms with Gasteiger partial charge in [0.1, 0.15) is 6.33 Å². The maximum Gasteiger partial charge on any atom is 0.231 e. The SMILES string of the molecule is COc1cc(/C=N\n2cnnc2-c2ccccc2)cc2c1OCO2. The molecule has 0 aliphatic carbocycles. The minimum Gasteiger partial charge on any atom is -0.493 e. The number of ether oxygens (including phenoxy) is 3. The minimum absolute atomic E-state index is 0.190. The summed E-state index contributed by atoms with van der Waals surface area (Å²) in [6, 6.07) is 13.4. The van der Waals surface area contributed by atoms with Crippen molar-refractivity contribution in [2.45, 2.75) is 0 Å². The van der Waals surface area contributed by atoms with Crippen LogP contribution in [-0.2, 0) is 0 Å². The number of hydrogen-bond donors (Lipinski definition) is 0. The average molecular weight is 322 g/mol. The standard InChI is InChI=1S/C17H14N4O3/c1-22-14-7-12(8-15-16(14)24-11-23-15)9-19-21-10-18-20-17(21)13-5-3-2-4-6-13/h2-10H,11H2,1H3/b19-9-. The molecule has 24 heavy (non-hydrogen) atoms. The summed E-state index contributed by atoms with van der Waals surface area (Å²) in [4.78, 5) is 0. The van der Waals surface area contributed by atoms with Gasteiger partial charge in [-0.15, -0.1) is 10.2 Å². The van der Waals surface area contributed by atoms with E-state index in [0.717, 1.165) is 11.1 Å². The maximum atomic E-state index is 5.42. The zero-order valence-corrected chi connectivity index (χ0v) is 12.9. The summed E-state index contributed by atoms with van der Waals surface area (Å²) in [6.45, 7) is 0.190. The highest BCUT2D eigenvalue weighted by Gasteiger charge is 2.19. The molecule has 4 rings (SSSR count). The molecule has 0 bridgehead atoms. The number of aromatic nitrogens is 3. The fourth-order valence-corrected chi connectivity index (χ4v) is 2.44. The van der Waals surface area contributed by atoms with Crippen molar-refractivity contribution < 1.29 is 14.2 Å². The lowest BCUT2D eigenvalue weighted by atomic mass is 10.2. The molecule has 0 atom stereocenters. The van der Waals surface area contributed by atoms with E-state index < -0.39 is 0 Å². The predicted octanol–water partition coefficient (Wildman–Crippen LogP) is 2.56. The van der Waals surface area contributed by atoms with E-state index in [4.69, 9.17) is 14.2 Å². The van der Waals surface area contributed by atoms with Crippen LogP contribution in [0, 0.1) is 0 Å². The van der Waals surface area contributed by atoms with Crippen LogP contribution in [0.1, 0.15) is 5.56 Å². The molecule has 0 unspecified atom stereocenters. The summed E-state index contributed by atoms with van der Waals surface area (Å²) < 4.78 is 17.7. The van der Waals surface area contributed by atoms with Crippen LogP contribution in [0.2, 0.25) is 0 Å². The lowest BCUT2D eigenvalue weighted by Crippen LogP contribution is -1.94. The van der Waals surface area contributed by atoms with Crippen molar-refractivity contribution in [2.24, 2.45) is 5.10 Å². The van der Waals surface area contributed by atoms with Gasteiger partial charge in [0.25, 0.3) is 0 Å². The van der Waals surface area contributed by atoms with Crippen molar-refractivity contribution in [3.8, 4) is 28.6 Å². The molecule has 1 aliphatic heterocycles. The molecule has 7 nitrogen and oxygen atoms in total. The number of fused-ring (bicyclic) bond motifs is 1. The highest BCUT2D eigenvalue weighted by atomic mass is 16.7. The summed E-state index contributed by atoms with van der Waals surface area (Å²) in [5, 5.41) is 12.5. The Morgan fingerprint density at radius 3 is 2.92 bits per heavy atom. The molecule has 0 amide bonds. The van der Waals surface area contributed by atoms with Gasteiger partial charge in [0.2, 0.25) is 12.5 Å². The largest absolute Gasteiger partial charge is 0.493 e. The third kappa shape index (κ3) is 2.56. The van der Waals surface area contributed by atoms with Gasteiger partial charge in [0.05, 0.1) is 13.3 Å². The number of rotatable bonds is 4. The van der Waals surface area contributed by atoms with E-state index >= 15 is 0 Å². The summed E-state index contributed by atoms with van der Waals surface area (Å²) in [7, 11) is 1.59. The summed E-state index contributed by atoms with van der Waals surface area (Å²) >= 11 is 0. The lowest BCUT2D eigenvalue weighted by Gasteiger charge is -2.05. The molecule has 1 aliphatic rings. The van der Waals surface area contributed by atoms with Crippen LogP contribution in [0.4, 0.5) is 0 Å². The molecule has 0 saturated heterocycles. The average Bonchev–Trinajstić information content (AvgIpc) is 3.29. The molecule has 0 radical (unpaired) electrons. The fourth-order valence-electron chi connectivity index (χ4n) is 2.44. The molecule has 2 aromatic carbocycles. The maximum absolute atomic E-state index is 5.42. The fraction of sp³-hybridized carbons (Fsp3) is 0.118. The molecule has 2 heterocycles. The van der Waals surface area contributed by atoms with Crippen LogP contribution in [0.5, 0.6) is 17.2 Å². The topological polar surface area (TPSA) is 70.8 Å². The van der Waals surface area contributed by atoms with Crippen molar-refractivity contribution in [1.82, 2.24) is 14.9 Å². The second kappa shape index (κ2) is 6.04. The van der Waals surface area contributed by atoms with Crippen molar-refractivity contribution >= 4 is 6.21 Å². The van der Waals surface area contributed by atoms with Crippen LogP contribution in [0.3, 0.4) is 0 Å². The van der Waals surface area contributed by atoms with E-state index in [1.54, 1.807) is 24.3 Å². The monoisotopic (exact) mass is 322 g/mol. The molecule has 3 aromatic rings. The molecule has 0 fully saturated rings. The normalized spacial score (nSPS) is 12.7. The van der Waals surface area contributed by atoms with Crippen molar-refractivity contribution in [2.75, 3.05) is 13.9 Å². The molecule has 120 valence electrons. The van der Waals surface area contributed by atoms with Gasteiger partial charge in [0, 0.05) is 11.1 Å². The molecule has 7 heteroatoms. The Bertz CT molecular complexity index is 890. The molecule has 0 spiro atoms. The third-order valence-corrected chi connectivity index (χ3v) is 3.57. The van der Waals surface area contributed by atoms with E-state index in [-0.39, 0.29) is 6.79 Å². The summed E-state index contributed by atoms with van der Waals surface area (Å²) in [5.74, 6) is 2.53. The number of nitrogens with zero attached hydrogens (tertiary/aromatic N) is 4. The Morgan fingerprint density at radius 2 is 2.08 bits per heavy atom. The van der Waals surface area contributed by atoms with Gasteiger partial charge < -0.3 is 14.2 Å². The number of hydrogen-bond acceptors (Lipinski definition) is 6. The van der Waals surface area contributed by atoms with Gasteiger partial charge in [-0.25, -0.2) is 0 Å². The van der Waals surface area contributed by atoms with Gasteiger partial charge in [-0.2, -0.15) is 9.78 Å². The Kier molecular flexibility index (Phi) is 3.59. The van der Waals surface area contributed by atoms with E-state index in [0.29, 0.717) is 23.1 Å². The first-order chi connectivity index (χ1) is 11.8. The van der Waals surface area contributed by atoms with Crippen LogP contribution in [0.15, 0.2) is 53.9 Å². The number of benzene rings is 2. The van der Waals surface area contributed by atoms with E-state index in [9.17, 15) is 0 Å². The first kappa shape index (κ1) is 14.3. The number of methoxy groups -OCH3 is 1.